The highest BCUT2D eigenvalue weighted by Crippen LogP contribution is 2.32. The van der Waals surface area contributed by atoms with Gasteiger partial charge >= 0.3 is 0 Å². The van der Waals surface area contributed by atoms with E-state index in [1.807, 2.05) is 6.07 Å². The van der Waals surface area contributed by atoms with Crippen LogP contribution in [-0.2, 0) is 6.42 Å². The molecule has 4 N–H and O–H groups in total. The van der Waals surface area contributed by atoms with Crippen LogP contribution in [0, 0.1) is 5.92 Å². The van der Waals surface area contributed by atoms with Gasteiger partial charge in [-0.25, -0.2) is 4.99 Å². The lowest BCUT2D eigenvalue weighted by Gasteiger charge is -2.17. The van der Waals surface area contributed by atoms with E-state index < -0.39 is 0 Å². The molecule has 1 atom stereocenters. The molecule has 0 aromatic heterocycles. The van der Waals surface area contributed by atoms with Crippen LogP contribution in [0.1, 0.15) is 24.8 Å². The van der Waals surface area contributed by atoms with Gasteiger partial charge in [-0.1, -0.05) is 12.5 Å². The van der Waals surface area contributed by atoms with Gasteiger partial charge in [0.15, 0.2) is 11.5 Å². The second-order valence-electron chi connectivity index (χ2n) is 5.37. The summed E-state index contributed by atoms with van der Waals surface area (Å²) < 4.78 is 10.7. The molecule has 0 radical (unpaired) electrons. The number of ether oxygens (including phenoxy) is 2. The van der Waals surface area contributed by atoms with Crippen molar-refractivity contribution < 1.29 is 9.47 Å². The Morgan fingerprint density at radius 2 is 2.00 bits per heavy atom. The van der Waals surface area contributed by atoms with E-state index in [4.69, 9.17) is 20.9 Å². The van der Waals surface area contributed by atoms with Gasteiger partial charge in [-0.3, -0.25) is 4.99 Å². The largest absolute Gasteiger partial charge is 0.454 e. The Labute approximate surface area is 123 Å². The molecular formula is C15H20N4O2. The van der Waals surface area contributed by atoms with Gasteiger partial charge in [-0.15, -0.1) is 0 Å². The summed E-state index contributed by atoms with van der Waals surface area (Å²) in [5, 5.41) is 0. The average Bonchev–Trinajstić information content (AvgIpc) is 2.93. The number of rotatable bonds is 5. The fraction of sp³-hybridized carbons (Fsp3) is 0.467. The SMILES string of the molecule is NC1=NCC(CCCCc2ccc3c(c2)OCO3)C(N)=N1. The molecule has 1 aromatic rings. The first-order valence-electron chi connectivity index (χ1n) is 7.25. The van der Waals surface area contributed by atoms with Crippen LogP contribution in [0.4, 0.5) is 0 Å². The summed E-state index contributed by atoms with van der Waals surface area (Å²) in [6.07, 6.45) is 4.20. The maximum Gasteiger partial charge on any atom is 0.231 e. The van der Waals surface area contributed by atoms with Gasteiger partial charge in [0.2, 0.25) is 12.8 Å². The van der Waals surface area contributed by atoms with Crippen molar-refractivity contribution in [3.63, 3.8) is 0 Å². The summed E-state index contributed by atoms with van der Waals surface area (Å²) in [5.41, 5.74) is 12.7. The van der Waals surface area contributed by atoms with Gasteiger partial charge in [0.1, 0.15) is 5.84 Å². The van der Waals surface area contributed by atoms with Gasteiger partial charge in [-0.05, 0) is 37.0 Å². The number of amidine groups is 1. The number of aliphatic imine (C=N–C) groups is 2. The number of hydrogen-bond acceptors (Lipinski definition) is 6. The molecule has 0 amide bonds. The summed E-state index contributed by atoms with van der Waals surface area (Å²) in [6, 6.07) is 6.12. The minimum Gasteiger partial charge on any atom is -0.454 e. The number of nitrogens with two attached hydrogens (primary N) is 2. The molecule has 112 valence electrons. The lowest BCUT2D eigenvalue weighted by atomic mass is 9.98. The zero-order valence-electron chi connectivity index (χ0n) is 11.9. The fourth-order valence-electron chi connectivity index (χ4n) is 2.61. The van der Waals surface area contributed by atoms with Crippen LogP contribution in [0.25, 0.3) is 0 Å². The summed E-state index contributed by atoms with van der Waals surface area (Å²) in [4.78, 5) is 8.17. The molecule has 2 heterocycles. The highest BCUT2D eigenvalue weighted by molar-refractivity contribution is 5.97. The highest BCUT2D eigenvalue weighted by Gasteiger charge is 2.17. The summed E-state index contributed by atoms with van der Waals surface area (Å²) >= 11 is 0. The standard InChI is InChI=1S/C15H20N4O2/c16-14-11(8-18-15(17)19-14)4-2-1-3-10-5-6-12-13(7-10)21-9-20-12/h5-7,11H,1-4,8-9H2,(H4,16,17,18,19). The van der Waals surface area contributed by atoms with Crippen molar-refractivity contribution in [1.82, 2.24) is 0 Å². The first-order chi connectivity index (χ1) is 10.2. The molecule has 1 aromatic carbocycles. The summed E-state index contributed by atoms with van der Waals surface area (Å²) in [6.45, 7) is 0.980. The molecule has 6 heteroatoms. The minimum absolute atomic E-state index is 0.231. The van der Waals surface area contributed by atoms with Crippen LogP contribution < -0.4 is 20.9 Å². The molecule has 0 bridgehead atoms. The Kier molecular flexibility index (Phi) is 3.94. The maximum atomic E-state index is 5.88. The van der Waals surface area contributed by atoms with Crippen LogP contribution in [0.2, 0.25) is 0 Å². The molecule has 6 nitrogen and oxygen atoms in total. The molecule has 0 spiro atoms. The number of fused-ring (bicyclic) bond motifs is 1. The number of guanidine groups is 1. The molecule has 3 rings (SSSR count). The van der Waals surface area contributed by atoms with E-state index in [1.54, 1.807) is 0 Å². The Balaban J connectivity index is 1.44. The van der Waals surface area contributed by atoms with Crippen molar-refractivity contribution in [1.29, 1.82) is 0 Å². The molecule has 21 heavy (non-hydrogen) atoms. The van der Waals surface area contributed by atoms with Crippen molar-refractivity contribution >= 4 is 11.8 Å². The van der Waals surface area contributed by atoms with E-state index in [0.717, 1.165) is 37.2 Å². The van der Waals surface area contributed by atoms with Gasteiger partial charge in [-0.2, -0.15) is 0 Å². The second-order valence-corrected chi connectivity index (χ2v) is 5.37. The number of benzene rings is 1. The molecule has 2 aliphatic rings. The number of hydrogen-bond donors (Lipinski definition) is 2. The van der Waals surface area contributed by atoms with Crippen molar-refractivity contribution in [2.75, 3.05) is 13.3 Å². The lowest BCUT2D eigenvalue weighted by molar-refractivity contribution is 0.174. The van der Waals surface area contributed by atoms with Gasteiger partial charge < -0.3 is 20.9 Å². The van der Waals surface area contributed by atoms with Crippen molar-refractivity contribution in [3.8, 4) is 11.5 Å². The molecular weight excluding hydrogens is 268 g/mol. The Bertz CT molecular complexity index is 583. The van der Waals surface area contributed by atoms with Crippen LogP contribution in [-0.4, -0.2) is 25.1 Å². The van der Waals surface area contributed by atoms with E-state index >= 15 is 0 Å². The predicted octanol–water partition coefficient (Wildman–Crippen LogP) is 1.43. The quantitative estimate of drug-likeness (QED) is 0.801. The molecule has 0 aliphatic carbocycles. The Hall–Kier alpha value is -2.24. The topological polar surface area (TPSA) is 95.2 Å². The third-order valence-electron chi connectivity index (χ3n) is 3.84. The van der Waals surface area contributed by atoms with Crippen LogP contribution in [0.5, 0.6) is 11.5 Å². The molecule has 1 unspecified atom stereocenters. The van der Waals surface area contributed by atoms with Crippen molar-refractivity contribution in [3.05, 3.63) is 23.8 Å². The summed E-state index contributed by atoms with van der Waals surface area (Å²) in [7, 11) is 0. The van der Waals surface area contributed by atoms with E-state index in [9.17, 15) is 0 Å². The molecule has 0 saturated carbocycles. The number of unbranched alkanes of at least 4 members (excludes halogenated alkanes) is 1. The monoisotopic (exact) mass is 288 g/mol. The smallest absolute Gasteiger partial charge is 0.231 e. The van der Waals surface area contributed by atoms with Gasteiger partial charge in [0.05, 0.1) is 6.54 Å². The molecule has 0 saturated heterocycles. The van der Waals surface area contributed by atoms with Crippen LogP contribution in [0.3, 0.4) is 0 Å². The first kappa shape index (κ1) is 13.7. The Morgan fingerprint density at radius 3 is 2.86 bits per heavy atom. The first-order valence-corrected chi connectivity index (χ1v) is 7.25. The van der Waals surface area contributed by atoms with Crippen LogP contribution in [0.15, 0.2) is 28.2 Å². The fourth-order valence-corrected chi connectivity index (χ4v) is 2.61. The van der Waals surface area contributed by atoms with E-state index in [-0.39, 0.29) is 5.92 Å². The zero-order chi connectivity index (χ0) is 14.7. The minimum atomic E-state index is 0.231. The van der Waals surface area contributed by atoms with Crippen molar-refractivity contribution in [2.45, 2.75) is 25.7 Å². The predicted molar refractivity (Wildman–Crippen MR) is 81.7 cm³/mol. The maximum absolute atomic E-state index is 5.88. The normalized spacial score (nSPS) is 20.1. The van der Waals surface area contributed by atoms with Gasteiger partial charge in [0.25, 0.3) is 0 Å². The molecule has 0 fully saturated rings. The van der Waals surface area contributed by atoms with E-state index in [2.05, 4.69) is 22.1 Å². The number of aryl methyl sites for hydroxylation is 1. The molecule has 2 aliphatic heterocycles. The third-order valence-corrected chi connectivity index (χ3v) is 3.84. The van der Waals surface area contributed by atoms with E-state index in [0.29, 0.717) is 25.1 Å². The van der Waals surface area contributed by atoms with E-state index in [1.165, 1.54) is 5.56 Å². The second kappa shape index (κ2) is 6.03. The van der Waals surface area contributed by atoms with Gasteiger partial charge in [0, 0.05) is 5.92 Å². The number of nitrogens with zero attached hydrogens (tertiary/aromatic N) is 2. The van der Waals surface area contributed by atoms with Crippen LogP contribution >= 0.6 is 0 Å². The average molecular weight is 288 g/mol. The Morgan fingerprint density at radius 1 is 1.14 bits per heavy atom. The zero-order valence-corrected chi connectivity index (χ0v) is 11.9. The third kappa shape index (κ3) is 3.26. The lowest BCUT2D eigenvalue weighted by Crippen LogP contribution is -2.33. The highest BCUT2D eigenvalue weighted by atomic mass is 16.7. The summed E-state index contributed by atoms with van der Waals surface area (Å²) in [5.74, 6) is 2.82. The van der Waals surface area contributed by atoms with Crippen molar-refractivity contribution in [2.24, 2.45) is 27.4 Å².